The summed E-state index contributed by atoms with van der Waals surface area (Å²) in [5, 5.41) is 27.3. The number of hydrogen-bond acceptors (Lipinski definition) is 13. The molecule has 0 fully saturated rings. The summed E-state index contributed by atoms with van der Waals surface area (Å²) in [6, 6.07) is 22.3. The highest BCUT2D eigenvalue weighted by atomic mass is 32.2. The number of nitrogens with zero attached hydrogens (tertiary/aromatic N) is 5. The van der Waals surface area contributed by atoms with E-state index in [-0.39, 0.29) is 39.7 Å². The Labute approximate surface area is 283 Å². The van der Waals surface area contributed by atoms with E-state index in [0.29, 0.717) is 11.4 Å². The second-order valence-electron chi connectivity index (χ2n) is 10.7. The van der Waals surface area contributed by atoms with Crippen molar-refractivity contribution in [1.29, 1.82) is 0 Å². The summed E-state index contributed by atoms with van der Waals surface area (Å²) in [6.07, 6.45) is 7.12. The Bertz CT molecular complexity index is 2330. The lowest BCUT2D eigenvalue weighted by molar-refractivity contribution is -0.384. The average Bonchev–Trinajstić information content (AvgIpc) is 3.10. The highest BCUT2D eigenvalue weighted by Gasteiger charge is 2.34. The number of hydrazone groups is 2. The van der Waals surface area contributed by atoms with Crippen molar-refractivity contribution >= 4 is 73.3 Å². The molecule has 16 heteroatoms. The summed E-state index contributed by atoms with van der Waals surface area (Å²) in [6.45, 7) is 0. The molecule has 0 unspecified atom stereocenters. The fourth-order valence-corrected chi connectivity index (χ4v) is 5.46. The number of azo groups is 1. The molecule has 0 amide bonds. The zero-order valence-electron chi connectivity index (χ0n) is 25.6. The van der Waals surface area contributed by atoms with Crippen LogP contribution in [-0.2, 0) is 14.9 Å². The normalized spacial score (nSPS) is 14.9. The van der Waals surface area contributed by atoms with Crippen LogP contribution in [0.4, 0.5) is 34.1 Å². The maximum absolute atomic E-state index is 13.6. The Hall–Kier alpha value is -6.91. The quantitative estimate of drug-likeness (QED) is 0.0367. The molecule has 0 spiro atoms. The first kappa shape index (κ1) is 33.0. The van der Waals surface area contributed by atoms with Gasteiger partial charge in [-0.25, -0.2) is 0 Å². The Morgan fingerprint density at radius 3 is 1.88 bits per heavy atom. The molecule has 0 aromatic heterocycles. The first-order valence-electron chi connectivity index (χ1n) is 14.6. The lowest BCUT2D eigenvalue weighted by Crippen LogP contribution is -2.27. The first-order valence-corrected chi connectivity index (χ1v) is 16.0. The molecule has 0 bridgehead atoms. The van der Waals surface area contributed by atoms with E-state index >= 15 is 0 Å². The van der Waals surface area contributed by atoms with E-state index in [2.05, 4.69) is 31.3 Å². The molecule has 15 nitrogen and oxygen atoms in total. The number of ketones is 2. The van der Waals surface area contributed by atoms with Gasteiger partial charge < -0.3 is 5.73 Å². The van der Waals surface area contributed by atoms with E-state index in [0.717, 1.165) is 22.9 Å². The number of nitrogens with one attached hydrogen (secondary N) is 2. The number of rotatable bonds is 9. The number of anilines is 3. The van der Waals surface area contributed by atoms with Crippen LogP contribution in [0.3, 0.4) is 0 Å². The number of nitro groups is 1. The molecule has 0 heterocycles. The second kappa shape index (κ2) is 13.7. The third kappa shape index (κ3) is 7.30. The van der Waals surface area contributed by atoms with E-state index in [1.54, 1.807) is 36.4 Å². The summed E-state index contributed by atoms with van der Waals surface area (Å²) in [7, 11) is -4.96. The number of nitrogens with two attached hydrogens (primary N) is 1. The lowest BCUT2D eigenvalue weighted by atomic mass is 9.92. The molecule has 0 saturated carbocycles. The molecule has 4 aromatic rings. The summed E-state index contributed by atoms with van der Waals surface area (Å²) >= 11 is 0. The standard InChI is InChI=1S/C34H24N8O7S/c35-30-18-17-28-29(32(30)40-38-24-9-13-26(14-10-24)42(45)46)19-31(50(47,48)49)33(34(28)44)41-39-23-7-3-21(4-8-23)20-1-5-22(6-2-20)36-37-25-11-15-27(43)16-12-25/h1-19,36,39H,35H2,(H,47,48,49)/b40-38?,41-33-. The van der Waals surface area contributed by atoms with Crippen molar-refractivity contribution in [2.24, 2.45) is 20.4 Å². The summed E-state index contributed by atoms with van der Waals surface area (Å²) < 4.78 is 34.9. The number of fused-ring (bicyclic) bond motifs is 1. The van der Waals surface area contributed by atoms with Crippen LogP contribution < -0.4 is 16.6 Å². The van der Waals surface area contributed by atoms with Crippen LogP contribution >= 0.6 is 0 Å². The highest BCUT2D eigenvalue weighted by molar-refractivity contribution is 7.91. The molecule has 4 aromatic carbocycles. The minimum Gasteiger partial charge on any atom is -0.397 e. The first-order chi connectivity index (χ1) is 24.0. The molecular weight excluding hydrogens is 664 g/mol. The average molecular weight is 689 g/mol. The molecule has 0 aliphatic heterocycles. The third-order valence-electron chi connectivity index (χ3n) is 7.37. The third-order valence-corrected chi connectivity index (χ3v) is 8.24. The van der Waals surface area contributed by atoms with Crippen molar-refractivity contribution < 1.29 is 27.5 Å². The van der Waals surface area contributed by atoms with E-state index in [4.69, 9.17) is 5.73 Å². The number of Topliss-reactive ketones (excluding diaryl/α,β-unsaturated/α-hetero) is 1. The van der Waals surface area contributed by atoms with Gasteiger partial charge in [-0.15, -0.1) is 5.11 Å². The van der Waals surface area contributed by atoms with Gasteiger partial charge in [0.2, 0.25) is 5.78 Å². The van der Waals surface area contributed by atoms with Crippen LogP contribution in [0.15, 0.2) is 135 Å². The molecule has 6 rings (SSSR count). The van der Waals surface area contributed by atoms with Gasteiger partial charge in [0.1, 0.15) is 10.6 Å². The highest BCUT2D eigenvalue weighted by Crippen LogP contribution is 2.37. The number of nitro benzene ring substituents is 1. The minimum atomic E-state index is -4.96. The van der Waals surface area contributed by atoms with E-state index in [1.807, 2.05) is 24.3 Å². The molecule has 248 valence electrons. The monoisotopic (exact) mass is 688 g/mol. The van der Waals surface area contributed by atoms with E-state index in [9.17, 15) is 32.7 Å². The summed E-state index contributed by atoms with van der Waals surface area (Å²) in [4.78, 5) is 34.4. The zero-order chi connectivity index (χ0) is 35.4. The number of nitrogen functional groups attached to an aromatic ring is 1. The van der Waals surface area contributed by atoms with Gasteiger partial charge in [-0.2, -0.15) is 23.7 Å². The maximum atomic E-state index is 13.6. The van der Waals surface area contributed by atoms with Crippen LogP contribution in [-0.4, -0.2) is 40.9 Å². The Balaban J connectivity index is 1.21. The topological polar surface area (TPSA) is 231 Å². The van der Waals surface area contributed by atoms with Crippen LogP contribution in [0, 0.1) is 10.1 Å². The molecule has 2 aliphatic rings. The zero-order valence-corrected chi connectivity index (χ0v) is 26.4. The predicted molar refractivity (Wildman–Crippen MR) is 189 cm³/mol. The van der Waals surface area contributed by atoms with Gasteiger partial charge in [0.05, 0.1) is 33.4 Å². The fourth-order valence-electron chi connectivity index (χ4n) is 4.82. The largest absolute Gasteiger partial charge is 0.397 e. The van der Waals surface area contributed by atoms with Crippen molar-refractivity contribution in [1.82, 2.24) is 0 Å². The molecule has 5 N–H and O–H groups in total. The number of allylic oxidation sites excluding steroid dienone is 5. The van der Waals surface area contributed by atoms with Crippen molar-refractivity contribution in [3.05, 3.63) is 135 Å². The van der Waals surface area contributed by atoms with Gasteiger partial charge in [0, 0.05) is 23.3 Å². The molecule has 50 heavy (non-hydrogen) atoms. The Morgan fingerprint density at radius 2 is 1.32 bits per heavy atom. The smallest absolute Gasteiger partial charge is 0.296 e. The fraction of sp³-hybridized carbons (Fsp3) is 0. The Morgan fingerprint density at radius 1 is 0.740 bits per heavy atom. The van der Waals surface area contributed by atoms with Gasteiger partial charge in [0.25, 0.3) is 15.8 Å². The van der Waals surface area contributed by atoms with Crippen molar-refractivity contribution in [2.45, 2.75) is 0 Å². The number of non-ortho nitro benzene ring substituents is 1. The SMILES string of the molecule is Nc1ccc2c(c1N=Nc1ccc([N+](=O)[O-])cc1)C=C(S(=O)(=O)O)/C(=N/Nc1ccc(-c3ccc(NN=C4C=CC(=O)C=C4)cc3)cc1)C2=O. The van der Waals surface area contributed by atoms with Gasteiger partial charge in [0.15, 0.2) is 11.5 Å². The lowest BCUT2D eigenvalue weighted by Gasteiger charge is -2.18. The van der Waals surface area contributed by atoms with Gasteiger partial charge in [-0.05, 0) is 90.0 Å². The number of carbonyl (C=O) groups is 2. The molecule has 0 saturated heterocycles. The van der Waals surface area contributed by atoms with Crippen LogP contribution in [0.2, 0.25) is 0 Å². The second-order valence-corrected chi connectivity index (χ2v) is 12.1. The van der Waals surface area contributed by atoms with Gasteiger partial charge in [-0.1, -0.05) is 24.3 Å². The molecule has 2 aliphatic carbocycles. The van der Waals surface area contributed by atoms with Crippen molar-refractivity contribution in [3.63, 3.8) is 0 Å². The van der Waals surface area contributed by atoms with Crippen molar-refractivity contribution in [2.75, 3.05) is 16.6 Å². The summed E-state index contributed by atoms with van der Waals surface area (Å²) in [5.41, 5.74) is 14.7. The summed E-state index contributed by atoms with van der Waals surface area (Å²) in [5.74, 6) is -0.923. The molecular formula is C34H24N8O7S. The van der Waals surface area contributed by atoms with Gasteiger partial charge >= 0.3 is 0 Å². The van der Waals surface area contributed by atoms with E-state index < -0.39 is 31.4 Å². The molecule has 0 radical (unpaired) electrons. The molecule has 0 atom stereocenters. The number of hydrogen-bond donors (Lipinski definition) is 4. The maximum Gasteiger partial charge on any atom is 0.296 e. The van der Waals surface area contributed by atoms with Crippen molar-refractivity contribution in [3.8, 4) is 11.1 Å². The van der Waals surface area contributed by atoms with E-state index in [1.165, 1.54) is 48.6 Å². The van der Waals surface area contributed by atoms with Crippen LogP contribution in [0.5, 0.6) is 0 Å². The van der Waals surface area contributed by atoms with Crippen LogP contribution in [0.25, 0.3) is 17.2 Å². The predicted octanol–water partition coefficient (Wildman–Crippen LogP) is 6.62. The van der Waals surface area contributed by atoms with Crippen LogP contribution in [0.1, 0.15) is 15.9 Å². The minimum absolute atomic E-state index is 0.00579. The number of benzene rings is 4. The number of carbonyl (C=O) groups excluding carboxylic acids is 2. The van der Waals surface area contributed by atoms with Gasteiger partial charge in [-0.3, -0.25) is 35.1 Å². The Kier molecular flexibility index (Phi) is 9.03.